The van der Waals surface area contributed by atoms with Gasteiger partial charge in [-0.25, -0.2) is 13.4 Å². The predicted molar refractivity (Wildman–Crippen MR) is 129 cm³/mol. The summed E-state index contributed by atoms with van der Waals surface area (Å²) in [5.41, 5.74) is 0. The van der Waals surface area contributed by atoms with Gasteiger partial charge in [0.15, 0.2) is 0 Å². The molecule has 0 unspecified atom stereocenters. The van der Waals surface area contributed by atoms with E-state index < -0.39 is 10.0 Å². The Hall–Kier alpha value is -2.27. The number of amides is 1. The Labute approximate surface area is 201 Å². The first-order valence-corrected chi connectivity index (χ1v) is 13.5. The van der Waals surface area contributed by atoms with Crippen molar-refractivity contribution in [3.63, 3.8) is 0 Å². The van der Waals surface area contributed by atoms with Crippen LogP contribution in [0.3, 0.4) is 0 Å². The smallest absolute Gasteiger partial charge is 0.253 e. The van der Waals surface area contributed by atoms with Gasteiger partial charge in [-0.3, -0.25) is 9.78 Å². The fourth-order valence-electron chi connectivity index (χ4n) is 4.43. The summed E-state index contributed by atoms with van der Waals surface area (Å²) in [7, 11) is -3.72. The topological polar surface area (TPSA) is 86.7 Å². The first kappa shape index (κ1) is 22.5. The molecule has 8 nitrogen and oxygen atoms in total. The van der Waals surface area contributed by atoms with Gasteiger partial charge in [0, 0.05) is 54.8 Å². The van der Waals surface area contributed by atoms with E-state index in [0.717, 1.165) is 41.8 Å². The van der Waals surface area contributed by atoms with Crippen LogP contribution in [0.1, 0.15) is 12.8 Å². The molecule has 2 aromatic heterocycles. The summed E-state index contributed by atoms with van der Waals surface area (Å²) in [5.74, 6) is 1.15. The normalized spacial score (nSPS) is 18.9. The average Bonchev–Trinajstić information content (AvgIpc) is 3.25. The quantitative estimate of drug-likeness (QED) is 0.529. The highest BCUT2D eigenvalue weighted by Gasteiger charge is 2.35. The molecule has 2 aliphatic heterocycles. The summed E-state index contributed by atoms with van der Waals surface area (Å²) in [6, 6.07) is 6.98. The molecular formula is C22H24ClN5O3S2. The van der Waals surface area contributed by atoms with Crippen LogP contribution in [0.25, 0.3) is 10.1 Å². The summed E-state index contributed by atoms with van der Waals surface area (Å²) in [6.07, 6.45) is 7.06. The number of piperidine rings is 1. The van der Waals surface area contributed by atoms with E-state index in [1.54, 1.807) is 36.8 Å². The third-order valence-electron chi connectivity index (χ3n) is 6.30. The lowest BCUT2D eigenvalue weighted by molar-refractivity contribution is -0.134. The number of anilines is 1. The van der Waals surface area contributed by atoms with Gasteiger partial charge < -0.3 is 9.80 Å². The second-order valence-corrected chi connectivity index (χ2v) is 12.1. The van der Waals surface area contributed by atoms with Crippen LogP contribution in [0.2, 0.25) is 5.02 Å². The van der Waals surface area contributed by atoms with Gasteiger partial charge in [-0.15, -0.1) is 11.3 Å². The van der Waals surface area contributed by atoms with Crippen LogP contribution in [0, 0.1) is 5.92 Å². The summed E-state index contributed by atoms with van der Waals surface area (Å²) in [4.78, 5) is 25.4. The fraction of sp³-hybridized carbons (Fsp3) is 0.409. The van der Waals surface area contributed by atoms with Crippen LogP contribution < -0.4 is 4.90 Å². The van der Waals surface area contributed by atoms with Crippen LogP contribution in [0.5, 0.6) is 0 Å². The Balaban J connectivity index is 1.19. The minimum absolute atomic E-state index is 0.115. The van der Waals surface area contributed by atoms with Crippen molar-refractivity contribution >= 4 is 54.8 Å². The van der Waals surface area contributed by atoms with Gasteiger partial charge in [0.1, 0.15) is 10.0 Å². The molecule has 2 fully saturated rings. The number of nitrogens with zero attached hydrogens (tertiary/aromatic N) is 5. The minimum Gasteiger partial charge on any atom is -0.355 e. The van der Waals surface area contributed by atoms with Gasteiger partial charge in [0.25, 0.3) is 10.0 Å². The van der Waals surface area contributed by atoms with E-state index in [0.29, 0.717) is 30.6 Å². The monoisotopic (exact) mass is 505 g/mol. The number of piperazine rings is 1. The third-order valence-corrected chi connectivity index (χ3v) is 9.93. The molecule has 2 saturated heterocycles. The molecule has 174 valence electrons. The Bertz CT molecular complexity index is 1260. The minimum atomic E-state index is -3.72. The van der Waals surface area contributed by atoms with E-state index >= 15 is 0 Å². The molecule has 3 aromatic rings. The second kappa shape index (κ2) is 9.17. The first-order chi connectivity index (χ1) is 15.9. The third kappa shape index (κ3) is 4.70. The molecular weight excluding hydrogens is 482 g/mol. The summed E-state index contributed by atoms with van der Waals surface area (Å²) in [5, 5.41) is 1.40. The van der Waals surface area contributed by atoms with Crippen molar-refractivity contribution in [1.29, 1.82) is 0 Å². The average molecular weight is 506 g/mol. The zero-order valence-electron chi connectivity index (χ0n) is 17.9. The largest absolute Gasteiger partial charge is 0.355 e. The number of thiophene rings is 1. The number of benzene rings is 1. The van der Waals surface area contributed by atoms with Gasteiger partial charge in [0.05, 0.1) is 12.7 Å². The molecule has 33 heavy (non-hydrogen) atoms. The number of sulfonamides is 1. The van der Waals surface area contributed by atoms with Gasteiger partial charge in [0.2, 0.25) is 5.91 Å². The lowest BCUT2D eigenvalue weighted by atomic mass is 9.96. The molecule has 2 aliphatic rings. The molecule has 0 saturated carbocycles. The van der Waals surface area contributed by atoms with E-state index in [1.807, 2.05) is 11.0 Å². The molecule has 4 heterocycles. The van der Waals surface area contributed by atoms with Crippen molar-refractivity contribution in [1.82, 2.24) is 19.2 Å². The van der Waals surface area contributed by atoms with Crippen molar-refractivity contribution in [3.8, 4) is 0 Å². The van der Waals surface area contributed by atoms with Gasteiger partial charge >= 0.3 is 0 Å². The summed E-state index contributed by atoms with van der Waals surface area (Å²) >= 11 is 7.22. The zero-order chi connectivity index (χ0) is 23.0. The van der Waals surface area contributed by atoms with Crippen LogP contribution >= 0.6 is 22.9 Å². The van der Waals surface area contributed by atoms with E-state index in [1.165, 1.54) is 15.6 Å². The van der Waals surface area contributed by atoms with Crippen LogP contribution in [0.4, 0.5) is 5.82 Å². The Morgan fingerprint density at radius 1 is 1.09 bits per heavy atom. The van der Waals surface area contributed by atoms with E-state index in [9.17, 15) is 13.2 Å². The number of carbonyl (C=O) groups excluding carboxylic acids is 1. The molecule has 0 spiro atoms. The molecule has 0 aliphatic carbocycles. The molecule has 0 radical (unpaired) electrons. The number of hydrogen-bond donors (Lipinski definition) is 0. The number of hydrogen-bond acceptors (Lipinski definition) is 7. The van der Waals surface area contributed by atoms with E-state index in [2.05, 4.69) is 14.9 Å². The zero-order valence-corrected chi connectivity index (χ0v) is 20.3. The second-order valence-electron chi connectivity index (χ2n) is 8.42. The summed E-state index contributed by atoms with van der Waals surface area (Å²) in [6.45, 7) is 3.03. The van der Waals surface area contributed by atoms with Crippen molar-refractivity contribution in [2.75, 3.05) is 44.2 Å². The highest BCUT2D eigenvalue weighted by atomic mass is 35.5. The molecule has 1 aromatic carbocycles. The van der Waals surface area contributed by atoms with Crippen molar-refractivity contribution in [2.24, 2.45) is 5.92 Å². The maximum absolute atomic E-state index is 13.2. The number of halogens is 1. The maximum Gasteiger partial charge on any atom is 0.253 e. The molecule has 0 atom stereocenters. The first-order valence-electron chi connectivity index (χ1n) is 10.9. The van der Waals surface area contributed by atoms with Crippen LogP contribution in [-0.4, -0.2) is 72.8 Å². The standard InChI is InChI=1S/C22H24ClN5O3S2/c23-18-2-1-17-11-22(32-19(17)12-18)33(30,31)28-10-9-27(21(29)15-28)14-16-3-7-26(8-4-16)20-13-24-5-6-25-20/h1-2,5-6,11-13,16H,3-4,7-10,14-15H2. The van der Waals surface area contributed by atoms with Crippen molar-refractivity contribution in [3.05, 3.63) is 47.9 Å². The maximum atomic E-state index is 13.2. The molecule has 1 amide bonds. The number of fused-ring (bicyclic) bond motifs is 1. The number of rotatable bonds is 5. The molecule has 0 N–H and O–H groups in total. The lowest BCUT2D eigenvalue weighted by Crippen LogP contribution is -2.53. The van der Waals surface area contributed by atoms with Gasteiger partial charge in [-0.2, -0.15) is 4.31 Å². The Kier molecular flexibility index (Phi) is 6.26. The van der Waals surface area contributed by atoms with E-state index in [-0.39, 0.29) is 16.7 Å². The molecule has 11 heteroatoms. The van der Waals surface area contributed by atoms with E-state index in [4.69, 9.17) is 11.6 Å². The number of carbonyl (C=O) groups is 1. The van der Waals surface area contributed by atoms with Gasteiger partial charge in [-0.05, 0) is 42.3 Å². The Morgan fingerprint density at radius 2 is 1.91 bits per heavy atom. The van der Waals surface area contributed by atoms with Crippen LogP contribution in [0.15, 0.2) is 47.1 Å². The number of aromatic nitrogens is 2. The Morgan fingerprint density at radius 3 is 2.64 bits per heavy atom. The predicted octanol–water partition coefficient (Wildman–Crippen LogP) is 3.09. The fourth-order valence-corrected chi connectivity index (χ4v) is 7.64. The SMILES string of the molecule is O=C1CN(S(=O)(=O)c2cc3ccc(Cl)cc3s2)CCN1CC1CCN(c2cnccn2)CC1. The highest BCUT2D eigenvalue weighted by Crippen LogP contribution is 2.33. The van der Waals surface area contributed by atoms with Crippen LogP contribution in [-0.2, 0) is 14.8 Å². The van der Waals surface area contributed by atoms with Crippen molar-refractivity contribution < 1.29 is 13.2 Å². The molecule has 0 bridgehead atoms. The van der Waals surface area contributed by atoms with Gasteiger partial charge in [-0.1, -0.05) is 17.7 Å². The van der Waals surface area contributed by atoms with Crippen molar-refractivity contribution in [2.45, 2.75) is 17.1 Å². The summed E-state index contributed by atoms with van der Waals surface area (Å²) < 4.78 is 28.7. The molecule has 5 rings (SSSR count). The lowest BCUT2D eigenvalue weighted by Gasteiger charge is -2.38. The highest BCUT2D eigenvalue weighted by molar-refractivity contribution is 7.91.